The van der Waals surface area contributed by atoms with E-state index in [0.29, 0.717) is 11.7 Å². The van der Waals surface area contributed by atoms with E-state index in [0.717, 1.165) is 19.4 Å². The molecular formula is C14H23N3O3S. The van der Waals surface area contributed by atoms with Gasteiger partial charge in [-0.3, -0.25) is 0 Å². The van der Waals surface area contributed by atoms with Crippen LogP contribution in [0.1, 0.15) is 19.8 Å². The van der Waals surface area contributed by atoms with Crippen molar-refractivity contribution in [1.29, 1.82) is 0 Å². The summed E-state index contributed by atoms with van der Waals surface area (Å²) in [6.45, 7) is 2.98. The highest BCUT2D eigenvalue weighted by Crippen LogP contribution is 2.27. The Kier molecular flexibility index (Phi) is 4.75. The lowest BCUT2D eigenvalue weighted by molar-refractivity contribution is 0.178. The van der Waals surface area contributed by atoms with Gasteiger partial charge in [0.2, 0.25) is 10.0 Å². The third-order valence-corrected chi connectivity index (χ3v) is 5.57. The summed E-state index contributed by atoms with van der Waals surface area (Å²) in [4.78, 5) is 2.36. The number of rotatable bonds is 4. The minimum absolute atomic E-state index is 0.0524. The van der Waals surface area contributed by atoms with Crippen LogP contribution in [-0.4, -0.2) is 46.1 Å². The second-order valence-electron chi connectivity index (χ2n) is 5.58. The molecule has 0 aliphatic carbocycles. The smallest absolute Gasteiger partial charge is 0.244 e. The summed E-state index contributed by atoms with van der Waals surface area (Å²) < 4.78 is 33.0. The zero-order valence-corrected chi connectivity index (χ0v) is 13.5. The Morgan fingerprint density at radius 1 is 1.43 bits per heavy atom. The minimum atomic E-state index is -3.61. The first-order valence-electron chi connectivity index (χ1n) is 6.99. The molecule has 2 atom stereocenters. The van der Waals surface area contributed by atoms with Crippen LogP contribution in [0, 0.1) is 0 Å². The molecule has 0 bridgehead atoms. The molecule has 21 heavy (non-hydrogen) atoms. The molecule has 0 spiro atoms. The first-order chi connectivity index (χ1) is 9.83. The Labute approximate surface area is 126 Å². The summed E-state index contributed by atoms with van der Waals surface area (Å²) >= 11 is 0. The molecule has 6 nitrogen and oxygen atoms in total. The van der Waals surface area contributed by atoms with Gasteiger partial charge in [0.25, 0.3) is 0 Å². The molecule has 2 rings (SSSR count). The topological polar surface area (TPSA) is 84.7 Å². The highest BCUT2D eigenvalue weighted by molar-refractivity contribution is 7.89. The molecule has 1 saturated heterocycles. The zero-order valence-electron chi connectivity index (χ0n) is 12.7. The number of nitrogens with zero attached hydrogens (tertiary/aromatic N) is 1. The molecule has 1 fully saturated rings. The quantitative estimate of drug-likeness (QED) is 0.811. The van der Waals surface area contributed by atoms with Gasteiger partial charge in [0.05, 0.1) is 7.11 Å². The van der Waals surface area contributed by atoms with E-state index in [1.807, 2.05) is 0 Å². The van der Waals surface area contributed by atoms with Gasteiger partial charge < -0.3 is 15.4 Å². The van der Waals surface area contributed by atoms with Gasteiger partial charge in [0.1, 0.15) is 10.6 Å². The van der Waals surface area contributed by atoms with E-state index in [4.69, 9.17) is 10.5 Å². The van der Waals surface area contributed by atoms with Crippen molar-refractivity contribution in [3.63, 3.8) is 0 Å². The lowest BCUT2D eigenvalue weighted by atomic mass is 10.0. The van der Waals surface area contributed by atoms with Gasteiger partial charge in [-0.2, -0.15) is 0 Å². The van der Waals surface area contributed by atoms with Crippen molar-refractivity contribution < 1.29 is 13.2 Å². The Hall–Kier alpha value is -1.31. The summed E-state index contributed by atoms with van der Waals surface area (Å²) in [7, 11) is -0.119. The molecule has 3 N–H and O–H groups in total. The molecule has 1 heterocycles. The summed E-state index contributed by atoms with van der Waals surface area (Å²) in [6.07, 6.45) is 1.60. The Bertz CT molecular complexity index is 603. The van der Waals surface area contributed by atoms with Crippen molar-refractivity contribution in [3.05, 3.63) is 18.2 Å². The lowest BCUT2D eigenvalue weighted by Gasteiger charge is -2.35. The summed E-state index contributed by atoms with van der Waals surface area (Å²) in [5, 5.41) is 0. The van der Waals surface area contributed by atoms with Crippen molar-refractivity contribution >= 4 is 15.7 Å². The predicted octanol–water partition coefficient (Wildman–Crippen LogP) is 1.04. The van der Waals surface area contributed by atoms with Crippen molar-refractivity contribution in [2.75, 3.05) is 26.4 Å². The van der Waals surface area contributed by atoms with Crippen molar-refractivity contribution in [2.45, 2.75) is 36.7 Å². The fourth-order valence-electron chi connectivity index (χ4n) is 2.59. The van der Waals surface area contributed by atoms with E-state index in [1.54, 1.807) is 6.07 Å². The number of sulfonamides is 1. The molecule has 1 aliphatic rings. The number of hydrogen-bond acceptors (Lipinski definition) is 5. The van der Waals surface area contributed by atoms with Crippen LogP contribution in [0.4, 0.5) is 5.69 Å². The number of anilines is 1. The molecular weight excluding hydrogens is 290 g/mol. The maximum absolute atomic E-state index is 12.5. The van der Waals surface area contributed by atoms with Crippen LogP contribution < -0.4 is 15.2 Å². The second-order valence-corrected chi connectivity index (χ2v) is 7.26. The fourth-order valence-corrected chi connectivity index (χ4v) is 4.02. The molecule has 118 valence electrons. The van der Waals surface area contributed by atoms with Crippen LogP contribution in [0.3, 0.4) is 0 Å². The van der Waals surface area contributed by atoms with Crippen LogP contribution in [0.25, 0.3) is 0 Å². The van der Waals surface area contributed by atoms with Crippen LogP contribution in [0.2, 0.25) is 0 Å². The maximum Gasteiger partial charge on any atom is 0.244 e. The summed E-state index contributed by atoms with van der Waals surface area (Å²) in [6, 6.07) is 4.87. The minimum Gasteiger partial charge on any atom is -0.495 e. The normalized spacial score (nSPS) is 24.0. The van der Waals surface area contributed by atoms with E-state index < -0.39 is 10.0 Å². The van der Waals surface area contributed by atoms with Gasteiger partial charge in [-0.25, -0.2) is 13.1 Å². The van der Waals surface area contributed by atoms with E-state index in [2.05, 4.69) is 23.6 Å². The van der Waals surface area contributed by atoms with Crippen molar-refractivity contribution in [3.8, 4) is 5.75 Å². The molecule has 2 unspecified atom stereocenters. The molecule has 0 aromatic heterocycles. The fraction of sp³-hybridized carbons (Fsp3) is 0.571. The monoisotopic (exact) mass is 313 g/mol. The van der Waals surface area contributed by atoms with E-state index in [-0.39, 0.29) is 16.7 Å². The molecule has 1 aromatic rings. The first-order valence-corrected chi connectivity index (χ1v) is 8.48. The van der Waals surface area contributed by atoms with Gasteiger partial charge in [0, 0.05) is 23.8 Å². The first kappa shape index (κ1) is 16.1. The van der Waals surface area contributed by atoms with Gasteiger partial charge in [0.15, 0.2) is 0 Å². The van der Waals surface area contributed by atoms with Gasteiger partial charge in [-0.05, 0) is 45.5 Å². The number of methoxy groups -OCH3 is 1. The number of nitrogen functional groups attached to an aromatic ring is 1. The molecule has 1 aliphatic heterocycles. The molecule has 0 radical (unpaired) electrons. The maximum atomic E-state index is 12.5. The summed E-state index contributed by atoms with van der Waals surface area (Å²) in [5.41, 5.74) is 6.13. The van der Waals surface area contributed by atoms with Crippen LogP contribution in [0.15, 0.2) is 23.1 Å². The van der Waals surface area contributed by atoms with Crippen LogP contribution >= 0.6 is 0 Å². The predicted molar refractivity (Wildman–Crippen MR) is 82.8 cm³/mol. The lowest BCUT2D eigenvalue weighted by Crippen LogP contribution is -2.47. The second kappa shape index (κ2) is 6.21. The number of likely N-dealkylation sites (tertiary alicyclic amines) is 1. The Morgan fingerprint density at radius 3 is 2.76 bits per heavy atom. The van der Waals surface area contributed by atoms with E-state index in [9.17, 15) is 8.42 Å². The number of ether oxygens (including phenoxy) is 1. The standard InChI is InChI=1S/C14H23N3O3S/c1-10-8-12(6-7-17(10)2)16-21(18,19)14-5-4-11(15)9-13(14)20-3/h4-5,9-10,12,16H,6-8,15H2,1-3H3. The molecule has 1 aromatic carbocycles. The number of benzene rings is 1. The molecule has 7 heteroatoms. The zero-order chi connectivity index (χ0) is 15.6. The largest absolute Gasteiger partial charge is 0.495 e. The average molecular weight is 313 g/mol. The number of nitrogens with two attached hydrogens (primary N) is 1. The van der Waals surface area contributed by atoms with E-state index >= 15 is 0 Å². The van der Waals surface area contributed by atoms with Crippen LogP contribution in [-0.2, 0) is 10.0 Å². The highest BCUT2D eigenvalue weighted by atomic mass is 32.2. The molecule has 0 amide bonds. The Balaban J connectivity index is 2.19. The van der Waals surface area contributed by atoms with Crippen molar-refractivity contribution in [2.24, 2.45) is 0 Å². The summed E-state index contributed by atoms with van der Waals surface area (Å²) in [5.74, 6) is 0.267. The van der Waals surface area contributed by atoms with E-state index in [1.165, 1.54) is 19.2 Å². The van der Waals surface area contributed by atoms with Gasteiger partial charge in [-0.15, -0.1) is 0 Å². The van der Waals surface area contributed by atoms with Gasteiger partial charge in [-0.1, -0.05) is 0 Å². The number of piperidine rings is 1. The Morgan fingerprint density at radius 2 is 2.14 bits per heavy atom. The van der Waals surface area contributed by atoms with Crippen LogP contribution in [0.5, 0.6) is 5.75 Å². The average Bonchev–Trinajstić information content (AvgIpc) is 2.42. The molecule has 0 saturated carbocycles. The highest BCUT2D eigenvalue weighted by Gasteiger charge is 2.28. The number of hydrogen-bond donors (Lipinski definition) is 2. The van der Waals surface area contributed by atoms with Gasteiger partial charge >= 0.3 is 0 Å². The number of nitrogens with one attached hydrogen (secondary N) is 1. The van der Waals surface area contributed by atoms with Crippen molar-refractivity contribution in [1.82, 2.24) is 9.62 Å². The third-order valence-electron chi connectivity index (χ3n) is 4.01. The third kappa shape index (κ3) is 3.66. The SMILES string of the molecule is COc1cc(N)ccc1S(=O)(=O)NC1CCN(C)C(C)C1.